The quantitative estimate of drug-likeness (QED) is 0.716. The first-order valence-corrected chi connectivity index (χ1v) is 11.0. The van der Waals surface area contributed by atoms with Crippen LogP contribution in [0.3, 0.4) is 0 Å². The molecule has 6 nitrogen and oxygen atoms in total. The van der Waals surface area contributed by atoms with E-state index in [2.05, 4.69) is 53.9 Å². The van der Waals surface area contributed by atoms with Crippen molar-refractivity contribution >= 4 is 22.7 Å². The predicted molar refractivity (Wildman–Crippen MR) is 119 cm³/mol. The number of para-hydroxylation sites is 1. The lowest BCUT2D eigenvalue weighted by molar-refractivity contribution is -0.140. The fourth-order valence-electron chi connectivity index (χ4n) is 4.56. The van der Waals surface area contributed by atoms with Crippen LogP contribution in [0.15, 0.2) is 42.0 Å². The summed E-state index contributed by atoms with van der Waals surface area (Å²) in [4.78, 5) is 35.6. The fraction of sp³-hybridized carbons (Fsp3) is 0.500. The molecule has 1 atom stereocenters. The normalized spacial score (nSPS) is 19.9. The van der Waals surface area contributed by atoms with Crippen molar-refractivity contribution in [2.24, 2.45) is 5.92 Å². The van der Waals surface area contributed by atoms with E-state index in [0.29, 0.717) is 24.5 Å². The van der Waals surface area contributed by atoms with E-state index in [9.17, 15) is 9.59 Å². The van der Waals surface area contributed by atoms with Gasteiger partial charge in [-0.15, -0.1) is 0 Å². The number of aromatic amines is 1. The molecule has 0 spiro atoms. The van der Waals surface area contributed by atoms with Gasteiger partial charge in [0, 0.05) is 68.0 Å². The number of piperazine rings is 1. The van der Waals surface area contributed by atoms with E-state index in [-0.39, 0.29) is 17.9 Å². The molecule has 1 unspecified atom stereocenters. The number of aromatic nitrogens is 1. The minimum Gasteiger partial charge on any atom is -0.358 e. The first-order chi connectivity index (χ1) is 14.4. The highest BCUT2D eigenvalue weighted by Crippen LogP contribution is 2.25. The second-order valence-corrected chi connectivity index (χ2v) is 9.13. The van der Waals surface area contributed by atoms with Crippen LogP contribution in [0.2, 0.25) is 0 Å². The fourth-order valence-corrected chi connectivity index (χ4v) is 4.56. The van der Waals surface area contributed by atoms with E-state index in [0.717, 1.165) is 49.2 Å². The summed E-state index contributed by atoms with van der Waals surface area (Å²) in [5.74, 6) is 0.119. The summed E-state index contributed by atoms with van der Waals surface area (Å²) in [5.41, 5.74) is 2.79. The molecule has 30 heavy (non-hydrogen) atoms. The average molecular weight is 409 g/mol. The molecule has 6 heteroatoms. The van der Waals surface area contributed by atoms with E-state index >= 15 is 0 Å². The maximum absolute atomic E-state index is 13.2. The summed E-state index contributed by atoms with van der Waals surface area (Å²) in [6.45, 7) is 8.70. The Balaban J connectivity index is 1.49. The standard InChI is InChI=1S/C24H32N4O2/c1-17(2)12-21(15-20-13-18-6-4-5-7-22(18)25-20)28-23(29)14-19(24(28)30)16-27-10-8-26(3)9-11-27/h4-7,13-14,17,21,25H,8-12,15-16H2,1-3H3. The lowest BCUT2D eigenvalue weighted by Crippen LogP contribution is -2.47. The van der Waals surface area contributed by atoms with Crippen molar-refractivity contribution in [1.29, 1.82) is 0 Å². The number of carbonyl (C=O) groups excluding carboxylic acids is 2. The minimum atomic E-state index is -0.161. The van der Waals surface area contributed by atoms with Gasteiger partial charge in [0.05, 0.1) is 0 Å². The number of imide groups is 1. The molecule has 0 radical (unpaired) electrons. The van der Waals surface area contributed by atoms with Crippen LogP contribution in [-0.2, 0) is 16.0 Å². The maximum Gasteiger partial charge on any atom is 0.258 e. The molecule has 2 aliphatic rings. The summed E-state index contributed by atoms with van der Waals surface area (Å²) >= 11 is 0. The SMILES string of the molecule is CC(C)CC(Cc1cc2ccccc2[nH]1)N1C(=O)C=C(CN2CCN(C)CC2)C1=O. The molecule has 3 heterocycles. The van der Waals surface area contributed by atoms with Gasteiger partial charge < -0.3 is 9.88 Å². The van der Waals surface area contributed by atoms with Crippen LogP contribution in [0.5, 0.6) is 0 Å². The molecule has 1 N–H and O–H groups in total. The van der Waals surface area contributed by atoms with Crippen molar-refractivity contribution in [3.05, 3.63) is 47.7 Å². The molecule has 1 fully saturated rings. The van der Waals surface area contributed by atoms with E-state index in [1.165, 1.54) is 4.90 Å². The molecular weight excluding hydrogens is 376 g/mol. The second kappa shape index (κ2) is 8.74. The third-order valence-corrected chi connectivity index (χ3v) is 6.17. The number of rotatable bonds is 7. The zero-order valence-electron chi connectivity index (χ0n) is 18.2. The van der Waals surface area contributed by atoms with Crippen molar-refractivity contribution in [3.63, 3.8) is 0 Å². The number of benzene rings is 1. The van der Waals surface area contributed by atoms with Crippen LogP contribution >= 0.6 is 0 Å². The van der Waals surface area contributed by atoms with Crippen molar-refractivity contribution < 1.29 is 9.59 Å². The van der Waals surface area contributed by atoms with Gasteiger partial charge in [-0.2, -0.15) is 0 Å². The van der Waals surface area contributed by atoms with Crippen LogP contribution < -0.4 is 0 Å². The summed E-state index contributed by atoms with van der Waals surface area (Å²) in [6, 6.07) is 10.2. The average Bonchev–Trinajstić information content (AvgIpc) is 3.22. The molecule has 2 aromatic rings. The number of carbonyl (C=O) groups is 2. The first kappa shape index (κ1) is 20.8. The maximum atomic E-state index is 13.2. The van der Waals surface area contributed by atoms with Crippen molar-refractivity contribution in [2.45, 2.75) is 32.7 Å². The van der Waals surface area contributed by atoms with Crippen molar-refractivity contribution in [2.75, 3.05) is 39.8 Å². The van der Waals surface area contributed by atoms with Gasteiger partial charge in [0.1, 0.15) is 0 Å². The van der Waals surface area contributed by atoms with Crippen LogP contribution in [0.25, 0.3) is 10.9 Å². The van der Waals surface area contributed by atoms with Crippen LogP contribution in [-0.4, -0.2) is 77.3 Å². The number of hydrogen-bond donors (Lipinski definition) is 1. The monoisotopic (exact) mass is 408 g/mol. The Hall–Kier alpha value is -2.44. The molecule has 1 saturated heterocycles. The lowest BCUT2D eigenvalue weighted by atomic mass is 9.98. The lowest BCUT2D eigenvalue weighted by Gasteiger charge is -2.33. The van der Waals surface area contributed by atoms with Gasteiger partial charge in [-0.1, -0.05) is 32.0 Å². The number of fused-ring (bicyclic) bond motifs is 1. The smallest absolute Gasteiger partial charge is 0.258 e. The van der Waals surface area contributed by atoms with Crippen molar-refractivity contribution in [1.82, 2.24) is 19.7 Å². The molecule has 0 bridgehead atoms. The Morgan fingerprint density at radius 3 is 2.50 bits per heavy atom. The zero-order chi connectivity index (χ0) is 21.3. The highest BCUT2D eigenvalue weighted by Gasteiger charge is 2.37. The Labute approximate surface area is 178 Å². The molecule has 160 valence electrons. The Kier molecular flexibility index (Phi) is 6.06. The number of H-pyrrole nitrogens is 1. The molecule has 0 aliphatic carbocycles. The van der Waals surface area contributed by atoms with Crippen LogP contribution in [0, 0.1) is 5.92 Å². The highest BCUT2D eigenvalue weighted by molar-refractivity contribution is 6.16. The number of amides is 2. The van der Waals surface area contributed by atoms with Gasteiger partial charge in [-0.25, -0.2) is 0 Å². The summed E-state index contributed by atoms with van der Waals surface area (Å²) < 4.78 is 0. The summed E-state index contributed by atoms with van der Waals surface area (Å²) in [7, 11) is 2.11. The topological polar surface area (TPSA) is 59.7 Å². The molecule has 2 amide bonds. The van der Waals surface area contributed by atoms with Gasteiger partial charge in [0.2, 0.25) is 0 Å². The third kappa shape index (κ3) is 4.50. The first-order valence-electron chi connectivity index (χ1n) is 11.0. The van der Waals surface area contributed by atoms with Crippen molar-refractivity contribution in [3.8, 4) is 0 Å². The van der Waals surface area contributed by atoms with Gasteiger partial charge in [0.15, 0.2) is 0 Å². The van der Waals surface area contributed by atoms with E-state index in [1.54, 1.807) is 6.08 Å². The Bertz CT molecular complexity index is 920. The summed E-state index contributed by atoms with van der Waals surface area (Å²) in [5, 5.41) is 1.16. The van der Waals surface area contributed by atoms with Gasteiger partial charge in [-0.05, 0) is 36.9 Å². The Morgan fingerprint density at radius 1 is 1.07 bits per heavy atom. The molecule has 1 aromatic heterocycles. The predicted octanol–water partition coefficient (Wildman–Crippen LogP) is 2.67. The van der Waals surface area contributed by atoms with Crippen LogP contribution in [0.1, 0.15) is 26.0 Å². The molecule has 4 rings (SSSR count). The minimum absolute atomic E-state index is 0.110. The number of nitrogens with one attached hydrogen (secondary N) is 1. The van der Waals surface area contributed by atoms with E-state index in [4.69, 9.17) is 0 Å². The van der Waals surface area contributed by atoms with Gasteiger partial charge in [-0.3, -0.25) is 19.4 Å². The largest absolute Gasteiger partial charge is 0.358 e. The number of likely N-dealkylation sites (N-methyl/N-ethyl adjacent to an activating group) is 1. The number of hydrogen-bond acceptors (Lipinski definition) is 4. The summed E-state index contributed by atoms with van der Waals surface area (Å²) in [6.07, 6.45) is 3.02. The molecular formula is C24H32N4O2. The number of nitrogens with zero attached hydrogens (tertiary/aromatic N) is 3. The van der Waals surface area contributed by atoms with E-state index < -0.39 is 0 Å². The second-order valence-electron chi connectivity index (χ2n) is 9.13. The third-order valence-electron chi connectivity index (χ3n) is 6.17. The molecule has 0 saturated carbocycles. The molecule has 2 aliphatic heterocycles. The Morgan fingerprint density at radius 2 is 1.80 bits per heavy atom. The van der Waals surface area contributed by atoms with E-state index in [1.807, 2.05) is 12.1 Å². The van der Waals surface area contributed by atoms with Crippen LogP contribution in [0.4, 0.5) is 0 Å². The molecule has 1 aromatic carbocycles. The van der Waals surface area contributed by atoms with Gasteiger partial charge in [0.25, 0.3) is 11.8 Å². The van der Waals surface area contributed by atoms with Gasteiger partial charge >= 0.3 is 0 Å². The highest BCUT2D eigenvalue weighted by atomic mass is 16.2. The zero-order valence-corrected chi connectivity index (χ0v) is 18.2.